The van der Waals surface area contributed by atoms with Crippen molar-refractivity contribution in [2.75, 3.05) is 7.11 Å². The van der Waals surface area contributed by atoms with Gasteiger partial charge in [0.15, 0.2) is 0 Å². The summed E-state index contributed by atoms with van der Waals surface area (Å²) in [6, 6.07) is 9.35. The van der Waals surface area contributed by atoms with Gasteiger partial charge in [0.1, 0.15) is 17.7 Å². The lowest BCUT2D eigenvalue weighted by Gasteiger charge is -2.14. The van der Waals surface area contributed by atoms with Crippen LogP contribution in [0.2, 0.25) is 5.02 Å². The lowest BCUT2D eigenvalue weighted by Crippen LogP contribution is -2.03. The molecule has 1 unspecified atom stereocenters. The van der Waals surface area contributed by atoms with Crippen LogP contribution in [0.4, 0.5) is 4.39 Å². The molecule has 19 heavy (non-hydrogen) atoms. The van der Waals surface area contributed by atoms with Gasteiger partial charge in [-0.1, -0.05) is 17.7 Å². The molecule has 0 aliphatic carbocycles. The molecule has 0 aromatic heterocycles. The largest absolute Gasteiger partial charge is 0.496 e. The van der Waals surface area contributed by atoms with Gasteiger partial charge in [-0.05, 0) is 48.4 Å². The quantitative estimate of drug-likeness (QED) is 0.924. The number of rotatable bonds is 3. The maximum Gasteiger partial charge on any atom is 0.129 e. The SMILES string of the molecule is COc1ccc(C(O)c2cc(Cl)ccc2F)cc1C. The normalized spacial score (nSPS) is 12.3. The summed E-state index contributed by atoms with van der Waals surface area (Å²) in [5, 5.41) is 10.6. The first-order chi connectivity index (χ1) is 9.02. The van der Waals surface area contributed by atoms with Crippen LogP contribution in [0.3, 0.4) is 0 Å². The minimum atomic E-state index is -1.05. The fraction of sp³-hybridized carbons (Fsp3) is 0.200. The van der Waals surface area contributed by atoms with Gasteiger partial charge in [-0.25, -0.2) is 4.39 Å². The van der Waals surface area contributed by atoms with Crippen molar-refractivity contribution < 1.29 is 14.2 Å². The highest BCUT2D eigenvalue weighted by molar-refractivity contribution is 6.30. The summed E-state index contributed by atoms with van der Waals surface area (Å²) < 4.78 is 18.9. The van der Waals surface area contributed by atoms with Crippen LogP contribution in [0.15, 0.2) is 36.4 Å². The van der Waals surface area contributed by atoms with Gasteiger partial charge in [0.2, 0.25) is 0 Å². The predicted octanol–water partition coefficient (Wildman–Crippen LogP) is 3.88. The maximum atomic E-state index is 13.7. The Hall–Kier alpha value is -1.58. The Kier molecular flexibility index (Phi) is 4.08. The lowest BCUT2D eigenvalue weighted by atomic mass is 9.99. The Morgan fingerprint density at radius 2 is 1.95 bits per heavy atom. The van der Waals surface area contributed by atoms with E-state index < -0.39 is 11.9 Å². The minimum absolute atomic E-state index is 0.164. The van der Waals surface area contributed by atoms with E-state index in [1.165, 1.54) is 18.2 Å². The molecule has 0 amide bonds. The number of hydrogen-bond donors (Lipinski definition) is 1. The average Bonchev–Trinajstić information content (AvgIpc) is 2.40. The Labute approximate surface area is 116 Å². The molecule has 2 aromatic rings. The molecule has 2 aromatic carbocycles. The summed E-state index contributed by atoms with van der Waals surface area (Å²) in [4.78, 5) is 0. The van der Waals surface area contributed by atoms with Crippen molar-refractivity contribution in [3.8, 4) is 5.75 Å². The molecule has 100 valence electrons. The van der Waals surface area contributed by atoms with E-state index in [1.54, 1.807) is 25.3 Å². The molecule has 0 saturated carbocycles. The predicted molar refractivity (Wildman–Crippen MR) is 73.2 cm³/mol. The molecular formula is C15H14ClFO2. The van der Waals surface area contributed by atoms with Crippen molar-refractivity contribution in [3.05, 3.63) is 63.9 Å². The van der Waals surface area contributed by atoms with Crippen molar-refractivity contribution in [1.82, 2.24) is 0 Å². The van der Waals surface area contributed by atoms with E-state index in [0.717, 1.165) is 11.3 Å². The molecule has 0 saturated heterocycles. The van der Waals surface area contributed by atoms with Crippen LogP contribution in [0.1, 0.15) is 22.8 Å². The molecule has 1 N–H and O–H groups in total. The highest BCUT2D eigenvalue weighted by Crippen LogP contribution is 2.29. The number of aryl methyl sites for hydroxylation is 1. The van der Waals surface area contributed by atoms with Crippen LogP contribution in [-0.2, 0) is 0 Å². The first-order valence-corrected chi connectivity index (χ1v) is 6.18. The van der Waals surface area contributed by atoms with Crippen LogP contribution in [0.25, 0.3) is 0 Å². The third-order valence-corrected chi connectivity index (χ3v) is 3.22. The average molecular weight is 281 g/mol. The number of aliphatic hydroxyl groups is 1. The third kappa shape index (κ3) is 2.88. The van der Waals surface area contributed by atoms with Crippen molar-refractivity contribution in [2.45, 2.75) is 13.0 Å². The van der Waals surface area contributed by atoms with E-state index >= 15 is 0 Å². The molecule has 0 aliphatic heterocycles. The molecule has 0 radical (unpaired) electrons. The molecule has 0 aliphatic rings. The van der Waals surface area contributed by atoms with Gasteiger partial charge in [-0.15, -0.1) is 0 Å². The van der Waals surface area contributed by atoms with Crippen LogP contribution >= 0.6 is 11.6 Å². The van der Waals surface area contributed by atoms with E-state index in [9.17, 15) is 9.50 Å². The van der Waals surface area contributed by atoms with E-state index in [-0.39, 0.29) is 5.56 Å². The highest BCUT2D eigenvalue weighted by atomic mass is 35.5. The van der Waals surface area contributed by atoms with Crippen LogP contribution < -0.4 is 4.74 Å². The lowest BCUT2D eigenvalue weighted by molar-refractivity contribution is 0.215. The summed E-state index contributed by atoms with van der Waals surface area (Å²) in [6.07, 6.45) is -1.05. The smallest absolute Gasteiger partial charge is 0.129 e. The van der Waals surface area contributed by atoms with Crippen LogP contribution in [-0.4, -0.2) is 12.2 Å². The zero-order chi connectivity index (χ0) is 14.0. The molecule has 0 fully saturated rings. The second-order valence-electron chi connectivity index (χ2n) is 4.30. The second kappa shape index (κ2) is 5.59. The number of ether oxygens (including phenoxy) is 1. The van der Waals surface area contributed by atoms with Crippen LogP contribution in [0.5, 0.6) is 5.75 Å². The molecule has 4 heteroatoms. The van der Waals surface area contributed by atoms with Gasteiger partial charge in [0.25, 0.3) is 0 Å². The Morgan fingerprint density at radius 1 is 1.21 bits per heavy atom. The van der Waals surface area contributed by atoms with E-state index in [4.69, 9.17) is 16.3 Å². The van der Waals surface area contributed by atoms with Crippen molar-refractivity contribution >= 4 is 11.6 Å². The number of benzene rings is 2. The molecule has 0 heterocycles. The fourth-order valence-electron chi connectivity index (χ4n) is 1.98. The first-order valence-electron chi connectivity index (χ1n) is 5.80. The van der Waals surface area contributed by atoms with Crippen molar-refractivity contribution in [3.63, 3.8) is 0 Å². The maximum absolute atomic E-state index is 13.7. The number of aliphatic hydroxyl groups excluding tert-OH is 1. The van der Waals surface area contributed by atoms with Gasteiger partial charge in [-0.2, -0.15) is 0 Å². The summed E-state index contributed by atoms with van der Waals surface area (Å²) >= 11 is 5.83. The highest BCUT2D eigenvalue weighted by Gasteiger charge is 2.16. The first kappa shape index (κ1) is 13.8. The van der Waals surface area contributed by atoms with Gasteiger partial charge in [-0.3, -0.25) is 0 Å². The van der Waals surface area contributed by atoms with Gasteiger partial charge in [0, 0.05) is 10.6 Å². The molecule has 0 bridgehead atoms. The van der Waals surface area contributed by atoms with Crippen molar-refractivity contribution in [1.29, 1.82) is 0 Å². The monoisotopic (exact) mass is 280 g/mol. The summed E-state index contributed by atoms with van der Waals surface area (Å²) in [6.45, 7) is 1.86. The van der Waals surface area contributed by atoms with E-state index in [1.807, 2.05) is 6.92 Å². The summed E-state index contributed by atoms with van der Waals surface area (Å²) in [5.74, 6) is 0.243. The molecule has 0 spiro atoms. The van der Waals surface area contributed by atoms with Gasteiger partial charge < -0.3 is 9.84 Å². The summed E-state index contributed by atoms with van der Waals surface area (Å²) in [7, 11) is 1.58. The second-order valence-corrected chi connectivity index (χ2v) is 4.73. The summed E-state index contributed by atoms with van der Waals surface area (Å²) in [5.41, 5.74) is 1.64. The topological polar surface area (TPSA) is 29.5 Å². The standard InChI is InChI=1S/C15H14ClFO2/c1-9-7-10(3-6-14(9)19-2)15(18)12-8-11(16)4-5-13(12)17/h3-8,15,18H,1-2H3. The van der Waals surface area contributed by atoms with E-state index in [2.05, 4.69) is 0 Å². The fourth-order valence-corrected chi connectivity index (χ4v) is 2.16. The number of methoxy groups -OCH3 is 1. The Bertz CT molecular complexity index is 599. The molecular weight excluding hydrogens is 267 g/mol. The van der Waals surface area contributed by atoms with Crippen LogP contribution in [0, 0.1) is 12.7 Å². The van der Waals surface area contributed by atoms with E-state index in [0.29, 0.717) is 10.6 Å². The zero-order valence-corrected chi connectivity index (χ0v) is 11.4. The zero-order valence-electron chi connectivity index (χ0n) is 10.7. The van der Waals surface area contributed by atoms with Gasteiger partial charge in [0.05, 0.1) is 7.11 Å². The molecule has 1 atom stereocenters. The minimum Gasteiger partial charge on any atom is -0.496 e. The third-order valence-electron chi connectivity index (χ3n) is 2.99. The number of halogens is 2. The van der Waals surface area contributed by atoms with Gasteiger partial charge >= 0.3 is 0 Å². The molecule has 2 nitrogen and oxygen atoms in total. The molecule has 2 rings (SSSR count). The van der Waals surface area contributed by atoms with Crippen molar-refractivity contribution in [2.24, 2.45) is 0 Å². The number of hydrogen-bond acceptors (Lipinski definition) is 2. The Balaban J connectivity index is 2.41. The Morgan fingerprint density at radius 3 is 2.58 bits per heavy atom.